The minimum absolute atomic E-state index is 0.491. The van der Waals surface area contributed by atoms with Crippen LogP contribution >= 0.6 is 27.5 Å². The van der Waals surface area contributed by atoms with Crippen molar-refractivity contribution in [2.24, 2.45) is 0 Å². The molecule has 0 aliphatic rings. The second kappa shape index (κ2) is 8.22. The highest BCUT2D eigenvalue weighted by molar-refractivity contribution is 9.08. The largest absolute Gasteiger partial charge is 0.485 e. The van der Waals surface area contributed by atoms with Crippen LogP contribution in [0.15, 0.2) is 72.8 Å². The summed E-state index contributed by atoms with van der Waals surface area (Å²) < 4.78 is 11.9. The predicted molar refractivity (Wildman–Crippen MR) is 101 cm³/mol. The van der Waals surface area contributed by atoms with E-state index in [9.17, 15) is 0 Å². The van der Waals surface area contributed by atoms with Gasteiger partial charge in [-0.15, -0.1) is 0 Å². The van der Waals surface area contributed by atoms with Crippen LogP contribution in [0.2, 0.25) is 5.02 Å². The molecule has 0 spiro atoms. The van der Waals surface area contributed by atoms with Gasteiger partial charge in [0.2, 0.25) is 0 Å². The quantitative estimate of drug-likeness (QED) is 0.431. The molecule has 0 radical (unpaired) electrons. The smallest absolute Gasteiger partial charge is 0.169 e. The summed E-state index contributed by atoms with van der Waals surface area (Å²) in [5, 5.41) is 1.38. The Bertz CT molecular complexity index is 806. The Labute approximate surface area is 155 Å². The Balaban J connectivity index is 1.75. The Morgan fingerprint density at radius 2 is 1.54 bits per heavy atom. The van der Waals surface area contributed by atoms with E-state index >= 15 is 0 Å². The zero-order valence-electron chi connectivity index (χ0n) is 12.9. The van der Waals surface area contributed by atoms with E-state index in [1.54, 1.807) is 0 Å². The molecule has 0 saturated carbocycles. The van der Waals surface area contributed by atoms with E-state index in [0.717, 1.165) is 11.1 Å². The van der Waals surface area contributed by atoms with E-state index in [1.807, 2.05) is 72.8 Å². The highest BCUT2D eigenvalue weighted by Crippen LogP contribution is 2.33. The van der Waals surface area contributed by atoms with E-state index < -0.39 is 0 Å². The van der Waals surface area contributed by atoms with E-state index in [-0.39, 0.29) is 0 Å². The lowest BCUT2D eigenvalue weighted by Crippen LogP contribution is -1.97. The minimum atomic E-state index is 0.491. The molecule has 0 N–H and O–H groups in total. The first kappa shape index (κ1) is 16.9. The zero-order valence-corrected chi connectivity index (χ0v) is 15.3. The maximum absolute atomic E-state index is 6.24. The molecule has 3 rings (SSSR count). The van der Waals surface area contributed by atoms with Crippen molar-refractivity contribution >= 4 is 27.5 Å². The fraction of sp³-hybridized carbons (Fsp3) is 0.100. The van der Waals surface area contributed by atoms with Crippen molar-refractivity contribution in [2.75, 3.05) is 0 Å². The van der Waals surface area contributed by atoms with Gasteiger partial charge in [-0.2, -0.15) is 0 Å². The highest BCUT2D eigenvalue weighted by Gasteiger charge is 2.08. The molecule has 0 saturated heterocycles. The third kappa shape index (κ3) is 4.31. The molecular formula is C20H16BrClO2. The molecule has 122 valence electrons. The molecule has 0 aromatic heterocycles. The molecule has 0 aliphatic heterocycles. The van der Waals surface area contributed by atoms with Gasteiger partial charge in [0.25, 0.3) is 0 Å². The van der Waals surface area contributed by atoms with Crippen molar-refractivity contribution in [3.8, 4) is 17.2 Å². The normalized spacial score (nSPS) is 10.4. The molecule has 3 aromatic carbocycles. The summed E-state index contributed by atoms with van der Waals surface area (Å²) in [7, 11) is 0. The molecule has 0 bridgehead atoms. The van der Waals surface area contributed by atoms with E-state index in [4.69, 9.17) is 21.1 Å². The van der Waals surface area contributed by atoms with Gasteiger partial charge in [-0.05, 0) is 35.4 Å². The topological polar surface area (TPSA) is 18.5 Å². The molecule has 3 aromatic rings. The van der Waals surface area contributed by atoms with Crippen LogP contribution in [-0.2, 0) is 11.9 Å². The number of rotatable bonds is 6. The molecule has 2 nitrogen and oxygen atoms in total. The second-order valence-electron chi connectivity index (χ2n) is 5.21. The van der Waals surface area contributed by atoms with Crippen LogP contribution in [0.1, 0.15) is 11.1 Å². The molecule has 4 heteroatoms. The van der Waals surface area contributed by atoms with E-state index in [2.05, 4.69) is 15.9 Å². The van der Waals surface area contributed by atoms with Crippen molar-refractivity contribution in [3.05, 3.63) is 88.9 Å². The van der Waals surface area contributed by atoms with Crippen molar-refractivity contribution in [1.82, 2.24) is 0 Å². The van der Waals surface area contributed by atoms with Gasteiger partial charge >= 0.3 is 0 Å². The number of para-hydroxylation sites is 2. The van der Waals surface area contributed by atoms with Gasteiger partial charge in [0.1, 0.15) is 12.4 Å². The Morgan fingerprint density at radius 3 is 2.25 bits per heavy atom. The number of ether oxygens (including phenoxy) is 2. The summed E-state index contributed by atoms with van der Waals surface area (Å²) in [5.74, 6) is 2.04. The summed E-state index contributed by atoms with van der Waals surface area (Å²) in [6.45, 7) is 0.491. The first-order valence-electron chi connectivity index (χ1n) is 7.54. The Kier molecular flexibility index (Phi) is 5.78. The average molecular weight is 404 g/mol. The lowest BCUT2D eigenvalue weighted by Gasteiger charge is -2.13. The molecule has 0 unspecified atom stereocenters. The third-order valence-corrected chi connectivity index (χ3v) is 4.44. The number of benzene rings is 3. The molecule has 0 atom stereocenters. The zero-order chi connectivity index (χ0) is 16.8. The summed E-state index contributed by atoms with van der Waals surface area (Å²) in [4.78, 5) is 0. The number of hydrogen-bond acceptors (Lipinski definition) is 2. The average Bonchev–Trinajstić information content (AvgIpc) is 2.62. The third-order valence-electron chi connectivity index (χ3n) is 3.48. The van der Waals surface area contributed by atoms with Crippen molar-refractivity contribution in [3.63, 3.8) is 0 Å². The van der Waals surface area contributed by atoms with E-state index in [0.29, 0.717) is 34.2 Å². The standard InChI is InChI=1S/C20H16BrClO2/c21-13-16-10-11-17(12-18(16)22)24-20-9-5-4-8-19(20)23-14-15-6-2-1-3-7-15/h1-12H,13-14H2. The van der Waals surface area contributed by atoms with Gasteiger partial charge in [0, 0.05) is 10.4 Å². The predicted octanol–water partition coefficient (Wildman–Crippen LogP) is 6.61. The number of halogens is 2. The van der Waals surface area contributed by atoms with E-state index in [1.165, 1.54) is 0 Å². The highest BCUT2D eigenvalue weighted by atomic mass is 79.9. The molecule has 24 heavy (non-hydrogen) atoms. The van der Waals surface area contributed by atoms with Gasteiger partial charge in [-0.3, -0.25) is 0 Å². The monoisotopic (exact) mass is 402 g/mol. The van der Waals surface area contributed by atoms with Gasteiger partial charge in [0.15, 0.2) is 11.5 Å². The SMILES string of the molecule is Clc1cc(Oc2ccccc2OCc2ccccc2)ccc1CBr. The second-order valence-corrected chi connectivity index (χ2v) is 6.18. The summed E-state index contributed by atoms with van der Waals surface area (Å²) in [6, 6.07) is 23.3. The summed E-state index contributed by atoms with van der Waals surface area (Å²) in [6.07, 6.45) is 0. The van der Waals surface area contributed by atoms with Crippen molar-refractivity contribution in [1.29, 1.82) is 0 Å². The number of alkyl halides is 1. The van der Waals surface area contributed by atoms with Crippen molar-refractivity contribution < 1.29 is 9.47 Å². The Morgan fingerprint density at radius 1 is 0.833 bits per heavy atom. The van der Waals surface area contributed by atoms with Crippen LogP contribution in [0.4, 0.5) is 0 Å². The number of hydrogen-bond donors (Lipinski definition) is 0. The summed E-state index contributed by atoms with van der Waals surface area (Å²) >= 11 is 9.64. The lowest BCUT2D eigenvalue weighted by molar-refractivity contribution is 0.291. The van der Waals surface area contributed by atoms with Crippen LogP contribution in [-0.4, -0.2) is 0 Å². The molecule has 0 amide bonds. The van der Waals surface area contributed by atoms with Crippen LogP contribution < -0.4 is 9.47 Å². The minimum Gasteiger partial charge on any atom is -0.485 e. The van der Waals surface area contributed by atoms with Crippen LogP contribution in [0.25, 0.3) is 0 Å². The molecule has 0 fully saturated rings. The molecular weight excluding hydrogens is 388 g/mol. The van der Waals surface area contributed by atoms with Gasteiger partial charge in [-0.1, -0.05) is 76.1 Å². The first-order valence-corrected chi connectivity index (χ1v) is 9.04. The van der Waals surface area contributed by atoms with Crippen LogP contribution in [0, 0.1) is 0 Å². The van der Waals surface area contributed by atoms with Crippen molar-refractivity contribution in [2.45, 2.75) is 11.9 Å². The molecule has 0 heterocycles. The lowest BCUT2D eigenvalue weighted by atomic mass is 10.2. The van der Waals surface area contributed by atoms with Gasteiger partial charge in [0.05, 0.1) is 0 Å². The first-order chi connectivity index (χ1) is 11.8. The maximum atomic E-state index is 6.24. The fourth-order valence-corrected chi connectivity index (χ4v) is 3.10. The fourth-order valence-electron chi connectivity index (χ4n) is 2.22. The van der Waals surface area contributed by atoms with Crippen LogP contribution in [0.5, 0.6) is 17.2 Å². The Hall–Kier alpha value is -1.97. The maximum Gasteiger partial charge on any atom is 0.169 e. The van der Waals surface area contributed by atoms with Gasteiger partial charge in [-0.25, -0.2) is 0 Å². The van der Waals surface area contributed by atoms with Gasteiger partial charge < -0.3 is 9.47 Å². The van der Waals surface area contributed by atoms with Crippen LogP contribution in [0.3, 0.4) is 0 Å². The molecule has 0 aliphatic carbocycles. The summed E-state index contributed by atoms with van der Waals surface area (Å²) in [5.41, 5.74) is 2.13.